The maximum Gasteiger partial charge on any atom is 0.233 e. The van der Waals surface area contributed by atoms with E-state index in [1.165, 1.54) is 12.1 Å². The summed E-state index contributed by atoms with van der Waals surface area (Å²) in [6.07, 6.45) is 5.28. The zero-order valence-electron chi connectivity index (χ0n) is 14.5. The minimum Gasteiger partial charge on any atom is -0.341 e. The van der Waals surface area contributed by atoms with Crippen molar-refractivity contribution in [1.29, 1.82) is 0 Å². The molecule has 2 saturated heterocycles. The van der Waals surface area contributed by atoms with Crippen LogP contribution in [0.25, 0.3) is 0 Å². The third-order valence-electron chi connectivity index (χ3n) is 6.16. The molecule has 2 aliphatic heterocycles. The van der Waals surface area contributed by atoms with Gasteiger partial charge in [0.25, 0.3) is 0 Å². The van der Waals surface area contributed by atoms with Crippen LogP contribution in [0.15, 0.2) is 42.7 Å². The Morgan fingerprint density at radius 3 is 2.19 bits per heavy atom. The maximum atomic E-state index is 13.2. The molecule has 1 saturated carbocycles. The molecule has 2 aromatic rings. The first-order valence-electron chi connectivity index (χ1n) is 9.23. The van der Waals surface area contributed by atoms with Gasteiger partial charge >= 0.3 is 0 Å². The van der Waals surface area contributed by atoms with Gasteiger partial charge < -0.3 is 9.80 Å². The number of benzene rings is 1. The summed E-state index contributed by atoms with van der Waals surface area (Å²) in [6, 6.07) is 8.28. The van der Waals surface area contributed by atoms with Crippen molar-refractivity contribution >= 4 is 11.9 Å². The Bertz CT molecular complexity index is 807. The van der Waals surface area contributed by atoms with E-state index >= 15 is 0 Å². The largest absolute Gasteiger partial charge is 0.341 e. The molecule has 0 radical (unpaired) electrons. The zero-order valence-corrected chi connectivity index (χ0v) is 14.5. The molecule has 6 heteroatoms. The normalized spacial score (nSPS) is 26.0. The van der Waals surface area contributed by atoms with Crippen LogP contribution in [0.3, 0.4) is 0 Å². The molecular formula is C20H21FN4O. The zero-order chi connectivity index (χ0) is 17.7. The molecule has 0 N–H and O–H groups in total. The Hall–Kier alpha value is -2.50. The van der Waals surface area contributed by atoms with Crippen LogP contribution in [0.5, 0.6) is 0 Å². The molecule has 1 aromatic heterocycles. The van der Waals surface area contributed by atoms with Gasteiger partial charge in [-0.05, 0) is 36.6 Å². The molecular weight excluding hydrogens is 331 g/mol. The van der Waals surface area contributed by atoms with Gasteiger partial charge in [0.05, 0.1) is 5.41 Å². The first-order valence-corrected chi connectivity index (χ1v) is 9.23. The summed E-state index contributed by atoms with van der Waals surface area (Å²) in [7, 11) is 0. The highest BCUT2D eigenvalue weighted by Gasteiger charge is 2.55. The number of likely N-dealkylation sites (tertiary alicyclic amines) is 1. The number of rotatable bonds is 3. The van der Waals surface area contributed by atoms with Crippen molar-refractivity contribution in [3.05, 3.63) is 54.1 Å². The van der Waals surface area contributed by atoms with Crippen LogP contribution in [-0.4, -0.2) is 47.0 Å². The second kappa shape index (κ2) is 5.76. The number of hydrogen-bond donors (Lipinski definition) is 0. The second-order valence-corrected chi connectivity index (χ2v) is 7.77. The van der Waals surface area contributed by atoms with Crippen molar-refractivity contribution in [2.24, 2.45) is 11.8 Å². The summed E-state index contributed by atoms with van der Waals surface area (Å²) in [5.74, 6) is 1.71. The molecule has 1 aliphatic carbocycles. The molecule has 0 bridgehead atoms. The average molecular weight is 352 g/mol. The number of fused-ring (bicyclic) bond motifs is 1. The van der Waals surface area contributed by atoms with Gasteiger partial charge in [0.15, 0.2) is 0 Å². The fraction of sp³-hybridized carbons (Fsp3) is 0.450. The highest BCUT2D eigenvalue weighted by molar-refractivity contribution is 5.91. The van der Waals surface area contributed by atoms with Crippen molar-refractivity contribution in [1.82, 2.24) is 14.9 Å². The number of amides is 1. The molecule has 2 unspecified atom stereocenters. The summed E-state index contributed by atoms with van der Waals surface area (Å²) < 4.78 is 13.2. The van der Waals surface area contributed by atoms with Crippen LogP contribution in [0.4, 0.5) is 10.3 Å². The van der Waals surface area contributed by atoms with E-state index in [1.807, 2.05) is 11.0 Å². The molecule has 26 heavy (non-hydrogen) atoms. The number of carbonyl (C=O) groups is 1. The van der Waals surface area contributed by atoms with Crippen molar-refractivity contribution < 1.29 is 9.18 Å². The quantitative estimate of drug-likeness (QED) is 0.850. The van der Waals surface area contributed by atoms with Crippen molar-refractivity contribution in [3.63, 3.8) is 0 Å². The summed E-state index contributed by atoms with van der Waals surface area (Å²) in [5, 5.41) is 0. The first kappa shape index (κ1) is 15.7. The number of anilines is 1. The molecule has 5 nitrogen and oxygen atoms in total. The molecule has 3 heterocycles. The number of aromatic nitrogens is 2. The summed E-state index contributed by atoms with van der Waals surface area (Å²) in [4.78, 5) is 26.1. The molecule has 0 spiro atoms. The topological polar surface area (TPSA) is 49.3 Å². The van der Waals surface area contributed by atoms with E-state index in [2.05, 4.69) is 14.9 Å². The number of hydrogen-bond acceptors (Lipinski definition) is 4. The molecule has 3 aliphatic rings. The summed E-state index contributed by atoms with van der Waals surface area (Å²) >= 11 is 0. The summed E-state index contributed by atoms with van der Waals surface area (Å²) in [6.45, 7) is 3.41. The van der Waals surface area contributed by atoms with Crippen molar-refractivity contribution in [2.75, 3.05) is 31.1 Å². The lowest BCUT2D eigenvalue weighted by molar-refractivity contribution is -0.133. The van der Waals surface area contributed by atoms with Gasteiger partial charge in [-0.3, -0.25) is 4.79 Å². The Morgan fingerprint density at radius 1 is 1.00 bits per heavy atom. The van der Waals surface area contributed by atoms with E-state index in [0.29, 0.717) is 11.8 Å². The van der Waals surface area contributed by atoms with Gasteiger partial charge in [-0.15, -0.1) is 0 Å². The van der Waals surface area contributed by atoms with Crippen LogP contribution < -0.4 is 4.90 Å². The van der Waals surface area contributed by atoms with Gasteiger partial charge in [-0.2, -0.15) is 0 Å². The van der Waals surface area contributed by atoms with Crippen LogP contribution in [-0.2, 0) is 10.2 Å². The van der Waals surface area contributed by atoms with Crippen LogP contribution >= 0.6 is 0 Å². The Kier molecular flexibility index (Phi) is 3.48. The average Bonchev–Trinajstić information content (AvgIpc) is 3.23. The Labute approximate surface area is 151 Å². The van der Waals surface area contributed by atoms with E-state index < -0.39 is 5.41 Å². The third kappa shape index (κ3) is 2.47. The van der Waals surface area contributed by atoms with Crippen LogP contribution in [0.1, 0.15) is 18.4 Å². The molecule has 1 aromatic carbocycles. The number of halogens is 1. The lowest BCUT2D eigenvalue weighted by atomic mass is 9.94. The van der Waals surface area contributed by atoms with Crippen LogP contribution in [0, 0.1) is 17.7 Å². The minimum atomic E-state index is -0.408. The molecule has 2 atom stereocenters. The lowest BCUT2D eigenvalue weighted by Gasteiger charge is -2.26. The highest BCUT2D eigenvalue weighted by atomic mass is 19.1. The molecule has 1 amide bonds. The fourth-order valence-corrected chi connectivity index (χ4v) is 4.60. The van der Waals surface area contributed by atoms with Crippen molar-refractivity contribution in [2.45, 2.75) is 18.3 Å². The lowest BCUT2D eigenvalue weighted by Crippen LogP contribution is -2.40. The Morgan fingerprint density at radius 2 is 1.62 bits per heavy atom. The third-order valence-corrected chi connectivity index (χ3v) is 6.16. The minimum absolute atomic E-state index is 0.223. The SMILES string of the molecule is O=C(N1CC2CN(c3ncccn3)CC2C1)C1(c2ccc(F)cc2)CC1. The molecule has 3 fully saturated rings. The van der Waals surface area contributed by atoms with Gasteiger partial charge in [-0.1, -0.05) is 12.1 Å². The van der Waals surface area contributed by atoms with Gasteiger partial charge in [0, 0.05) is 50.4 Å². The summed E-state index contributed by atoms with van der Waals surface area (Å²) in [5.41, 5.74) is 0.550. The van der Waals surface area contributed by atoms with E-state index in [0.717, 1.165) is 50.5 Å². The second-order valence-electron chi connectivity index (χ2n) is 7.77. The molecule has 134 valence electrons. The Balaban J connectivity index is 1.28. The maximum absolute atomic E-state index is 13.2. The molecule has 5 rings (SSSR count). The van der Waals surface area contributed by atoms with Gasteiger partial charge in [-0.25, -0.2) is 14.4 Å². The number of nitrogens with zero attached hydrogens (tertiary/aromatic N) is 4. The smallest absolute Gasteiger partial charge is 0.233 e. The van der Waals surface area contributed by atoms with Gasteiger partial charge in [0.2, 0.25) is 11.9 Å². The van der Waals surface area contributed by atoms with Gasteiger partial charge in [0.1, 0.15) is 5.82 Å². The van der Waals surface area contributed by atoms with E-state index in [1.54, 1.807) is 24.5 Å². The highest BCUT2D eigenvalue weighted by Crippen LogP contribution is 2.50. The van der Waals surface area contributed by atoms with E-state index in [4.69, 9.17) is 0 Å². The van der Waals surface area contributed by atoms with Crippen LogP contribution in [0.2, 0.25) is 0 Å². The standard InChI is InChI=1S/C20H21FN4O/c21-17-4-2-16(3-5-17)20(6-7-20)18(26)24-10-14-12-25(13-15(14)11-24)19-22-8-1-9-23-19/h1-5,8-9,14-15H,6-7,10-13H2. The van der Waals surface area contributed by atoms with E-state index in [-0.39, 0.29) is 11.7 Å². The predicted molar refractivity (Wildman–Crippen MR) is 95.1 cm³/mol. The van der Waals surface area contributed by atoms with E-state index in [9.17, 15) is 9.18 Å². The fourth-order valence-electron chi connectivity index (χ4n) is 4.60. The first-order chi connectivity index (χ1) is 12.7. The number of carbonyl (C=O) groups excluding carboxylic acids is 1. The predicted octanol–water partition coefficient (Wildman–Crippen LogP) is 2.24. The van der Waals surface area contributed by atoms with Crippen molar-refractivity contribution in [3.8, 4) is 0 Å². The monoisotopic (exact) mass is 352 g/mol.